The predicted octanol–water partition coefficient (Wildman–Crippen LogP) is 2.31. The van der Waals surface area contributed by atoms with E-state index < -0.39 is 9.84 Å². The van der Waals surface area contributed by atoms with Crippen molar-refractivity contribution in [1.29, 1.82) is 0 Å². The molecule has 0 saturated carbocycles. The van der Waals surface area contributed by atoms with Gasteiger partial charge in [-0.15, -0.1) is 11.6 Å². The number of hydrogen-bond acceptors (Lipinski definition) is 4. The summed E-state index contributed by atoms with van der Waals surface area (Å²) in [5.41, 5.74) is 0.797. The number of hydrogen-bond donors (Lipinski definition) is 0. The molecule has 112 valence electrons. The Balaban J connectivity index is 2.08. The smallest absolute Gasteiger partial charge is 0.177 e. The maximum absolute atomic E-state index is 11.8. The van der Waals surface area contributed by atoms with E-state index in [1.807, 2.05) is 12.1 Å². The van der Waals surface area contributed by atoms with Gasteiger partial charge in [0.15, 0.2) is 9.84 Å². The van der Waals surface area contributed by atoms with Gasteiger partial charge < -0.3 is 9.64 Å². The molecule has 0 aliphatic carbocycles. The highest BCUT2D eigenvalue weighted by molar-refractivity contribution is 7.90. The van der Waals surface area contributed by atoms with Gasteiger partial charge in [0.05, 0.1) is 23.3 Å². The molecule has 0 N–H and O–H groups in total. The van der Waals surface area contributed by atoms with Crippen LogP contribution in [-0.2, 0) is 14.6 Å². The zero-order valence-corrected chi connectivity index (χ0v) is 13.2. The molecule has 0 bridgehead atoms. The van der Waals surface area contributed by atoms with Gasteiger partial charge in [-0.1, -0.05) is 12.1 Å². The summed E-state index contributed by atoms with van der Waals surface area (Å²) < 4.78 is 29.3. The first-order chi connectivity index (χ1) is 9.52. The van der Waals surface area contributed by atoms with Gasteiger partial charge in [0, 0.05) is 25.2 Å². The van der Waals surface area contributed by atoms with Gasteiger partial charge in [0.2, 0.25) is 0 Å². The third-order valence-electron chi connectivity index (χ3n) is 3.48. The van der Waals surface area contributed by atoms with E-state index >= 15 is 0 Å². The number of nitrogens with zero attached hydrogens (tertiary/aromatic N) is 1. The lowest BCUT2D eigenvalue weighted by Crippen LogP contribution is -2.37. The highest BCUT2D eigenvalue weighted by atomic mass is 35.5. The van der Waals surface area contributed by atoms with Crippen LogP contribution in [0.15, 0.2) is 29.2 Å². The van der Waals surface area contributed by atoms with Crippen molar-refractivity contribution >= 4 is 27.1 Å². The summed E-state index contributed by atoms with van der Waals surface area (Å²) in [5, 5.41) is 0. The third kappa shape index (κ3) is 3.87. The Morgan fingerprint density at radius 3 is 2.55 bits per heavy atom. The topological polar surface area (TPSA) is 46.6 Å². The number of anilines is 1. The first kappa shape index (κ1) is 15.6. The highest BCUT2D eigenvalue weighted by Crippen LogP contribution is 2.28. The van der Waals surface area contributed by atoms with Gasteiger partial charge in [-0.25, -0.2) is 8.42 Å². The lowest BCUT2D eigenvalue weighted by Gasteiger charge is -2.34. The van der Waals surface area contributed by atoms with Crippen molar-refractivity contribution in [1.82, 2.24) is 0 Å². The lowest BCUT2D eigenvalue weighted by atomic mass is 10.1. The van der Waals surface area contributed by atoms with Crippen molar-refractivity contribution in [3.05, 3.63) is 24.3 Å². The fourth-order valence-electron chi connectivity index (χ4n) is 2.51. The monoisotopic (exact) mass is 317 g/mol. The van der Waals surface area contributed by atoms with Gasteiger partial charge in [0.1, 0.15) is 0 Å². The summed E-state index contributed by atoms with van der Waals surface area (Å²) in [6.07, 6.45) is 3.28. The van der Waals surface area contributed by atoms with Crippen molar-refractivity contribution < 1.29 is 13.2 Å². The van der Waals surface area contributed by atoms with Gasteiger partial charge in [-0.3, -0.25) is 0 Å². The van der Waals surface area contributed by atoms with E-state index in [0.29, 0.717) is 17.4 Å². The molecule has 1 aromatic rings. The molecule has 0 radical (unpaired) electrons. The second-order valence-electron chi connectivity index (χ2n) is 4.99. The fraction of sp³-hybridized carbons (Fsp3) is 0.571. The summed E-state index contributed by atoms with van der Waals surface area (Å²) in [5.74, 6) is 0.511. The summed E-state index contributed by atoms with van der Waals surface area (Å²) in [7, 11) is -3.20. The van der Waals surface area contributed by atoms with Gasteiger partial charge >= 0.3 is 0 Å². The lowest BCUT2D eigenvalue weighted by molar-refractivity contribution is 0.0471. The molecule has 1 fully saturated rings. The Hall–Kier alpha value is -0.780. The minimum absolute atomic E-state index is 0.232. The number of piperidine rings is 1. The van der Waals surface area contributed by atoms with E-state index in [1.54, 1.807) is 12.1 Å². The van der Waals surface area contributed by atoms with Crippen molar-refractivity contribution in [2.45, 2.75) is 23.8 Å². The molecule has 1 aromatic carbocycles. The molecule has 0 amide bonds. The Labute approximate surface area is 125 Å². The second kappa shape index (κ2) is 6.78. The van der Waals surface area contributed by atoms with Crippen LogP contribution in [0.1, 0.15) is 12.8 Å². The van der Waals surface area contributed by atoms with Crippen LogP contribution in [0.4, 0.5) is 5.69 Å². The number of sulfone groups is 1. The van der Waals surface area contributed by atoms with Crippen molar-refractivity contribution in [3.63, 3.8) is 0 Å². The van der Waals surface area contributed by atoms with Crippen LogP contribution in [0.25, 0.3) is 0 Å². The highest BCUT2D eigenvalue weighted by Gasteiger charge is 2.23. The minimum atomic E-state index is -3.20. The molecule has 0 spiro atoms. The summed E-state index contributed by atoms with van der Waals surface area (Å²) in [4.78, 5) is 2.52. The first-order valence-electron chi connectivity index (χ1n) is 6.74. The summed E-state index contributed by atoms with van der Waals surface area (Å²) in [6.45, 7) is 2.19. The zero-order chi connectivity index (χ0) is 14.6. The normalized spacial score (nSPS) is 17.4. The Bertz CT molecular complexity index is 539. The number of ether oxygens (including phenoxy) is 1. The van der Waals surface area contributed by atoms with Crippen LogP contribution in [0.3, 0.4) is 0 Å². The number of halogens is 1. The van der Waals surface area contributed by atoms with E-state index in [2.05, 4.69) is 4.90 Å². The van der Waals surface area contributed by atoms with E-state index in [1.165, 1.54) is 6.26 Å². The van der Waals surface area contributed by atoms with E-state index in [0.717, 1.165) is 31.6 Å². The molecule has 1 aliphatic heterocycles. The standard InChI is InChI=1S/C14H20ClNO3S/c1-20(17,18)14-5-3-2-4-13(14)16-9-6-12(7-10-16)19-11-8-15/h2-5,12H,6-11H2,1H3. The van der Waals surface area contributed by atoms with E-state index in [-0.39, 0.29) is 6.10 Å². The van der Waals surface area contributed by atoms with Crippen LogP contribution in [0.2, 0.25) is 0 Å². The molecule has 1 saturated heterocycles. The minimum Gasteiger partial charge on any atom is -0.377 e. The number of alkyl halides is 1. The average molecular weight is 318 g/mol. The molecule has 1 aliphatic rings. The maximum atomic E-state index is 11.8. The number of rotatable bonds is 5. The average Bonchev–Trinajstić information content (AvgIpc) is 2.45. The maximum Gasteiger partial charge on any atom is 0.177 e. The number of para-hydroxylation sites is 1. The molecule has 20 heavy (non-hydrogen) atoms. The van der Waals surface area contributed by atoms with Gasteiger partial charge in [-0.2, -0.15) is 0 Å². The molecule has 4 nitrogen and oxygen atoms in total. The first-order valence-corrected chi connectivity index (χ1v) is 9.16. The molecular formula is C14H20ClNO3S. The number of benzene rings is 1. The predicted molar refractivity (Wildman–Crippen MR) is 81.5 cm³/mol. The van der Waals surface area contributed by atoms with Crippen molar-refractivity contribution in [2.75, 3.05) is 36.7 Å². The molecule has 1 heterocycles. The van der Waals surface area contributed by atoms with Gasteiger partial charge in [0.25, 0.3) is 0 Å². The Kier molecular flexibility index (Phi) is 5.29. The SMILES string of the molecule is CS(=O)(=O)c1ccccc1N1CCC(OCCCl)CC1. The van der Waals surface area contributed by atoms with Crippen molar-refractivity contribution in [2.24, 2.45) is 0 Å². The molecule has 0 aromatic heterocycles. The van der Waals surface area contributed by atoms with Crippen molar-refractivity contribution in [3.8, 4) is 0 Å². The Morgan fingerprint density at radius 1 is 1.30 bits per heavy atom. The summed E-state index contributed by atoms with van der Waals surface area (Å²) in [6, 6.07) is 7.17. The van der Waals surface area contributed by atoms with Crippen LogP contribution in [0.5, 0.6) is 0 Å². The second-order valence-corrected chi connectivity index (χ2v) is 7.35. The van der Waals surface area contributed by atoms with Crippen LogP contribution < -0.4 is 4.90 Å². The molecule has 6 heteroatoms. The van der Waals surface area contributed by atoms with Gasteiger partial charge in [-0.05, 0) is 25.0 Å². The molecular weight excluding hydrogens is 298 g/mol. The molecule has 2 rings (SSSR count). The molecule has 0 unspecified atom stereocenters. The van der Waals surface area contributed by atoms with Crippen LogP contribution >= 0.6 is 11.6 Å². The Morgan fingerprint density at radius 2 is 1.95 bits per heavy atom. The van der Waals surface area contributed by atoms with E-state index in [4.69, 9.17) is 16.3 Å². The largest absolute Gasteiger partial charge is 0.377 e. The van der Waals surface area contributed by atoms with Crippen LogP contribution in [0, 0.1) is 0 Å². The summed E-state index contributed by atoms with van der Waals surface area (Å²) >= 11 is 5.61. The fourth-order valence-corrected chi connectivity index (χ4v) is 3.50. The third-order valence-corrected chi connectivity index (χ3v) is 4.78. The van der Waals surface area contributed by atoms with E-state index in [9.17, 15) is 8.42 Å². The quantitative estimate of drug-likeness (QED) is 0.782. The van der Waals surface area contributed by atoms with Crippen LogP contribution in [-0.4, -0.2) is 46.4 Å². The zero-order valence-electron chi connectivity index (χ0n) is 11.6. The molecule has 0 atom stereocenters.